The molecular formula is C21H24N2O. The monoisotopic (exact) mass is 320 g/mol. The van der Waals surface area contributed by atoms with Gasteiger partial charge in [-0.3, -0.25) is 0 Å². The van der Waals surface area contributed by atoms with Gasteiger partial charge in [0.1, 0.15) is 11.3 Å². The van der Waals surface area contributed by atoms with Crippen molar-refractivity contribution in [3.8, 4) is 0 Å². The van der Waals surface area contributed by atoms with Gasteiger partial charge >= 0.3 is 0 Å². The van der Waals surface area contributed by atoms with Gasteiger partial charge in [-0.1, -0.05) is 48.5 Å². The van der Waals surface area contributed by atoms with Crippen molar-refractivity contribution in [2.75, 3.05) is 19.6 Å². The third kappa shape index (κ3) is 3.53. The summed E-state index contributed by atoms with van der Waals surface area (Å²) in [5.74, 6) is 0.999. The first-order valence-electron chi connectivity index (χ1n) is 8.87. The number of furan rings is 1. The molecule has 1 saturated heterocycles. The first-order chi connectivity index (χ1) is 11.9. The predicted molar refractivity (Wildman–Crippen MR) is 97.9 cm³/mol. The number of para-hydroxylation sites is 1. The highest BCUT2D eigenvalue weighted by atomic mass is 16.3. The highest BCUT2D eigenvalue weighted by Gasteiger charge is 2.19. The maximum Gasteiger partial charge on any atom is 0.134 e. The first kappa shape index (κ1) is 15.4. The van der Waals surface area contributed by atoms with Crippen LogP contribution in [0.4, 0.5) is 0 Å². The summed E-state index contributed by atoms with van der Waals surface area (Å²) in [7, 11) is 0. The van der Waals surface area contributed by atoms with E-state index < -0.39 is 0 Å². The molecule has 3 heteroatoms. The lowest BCUT2D eigenvalue weighted by molar-refractivity contribution is 0.288. The molecule has 124 valence electrons. The van der Waals surface area contributed by atoms with Crippen molar-refractivity contribution in [2.45, 2.75) is 25.4 Å². The van der Waals surface area contributed by atoms with E-state index in [4.69, 9.17) is 4.42 Å². The van der Waals surface area contributed by atoms with E-state index in [9.17, 15) is 0 Å². The Balaban J connectivity index is 1.48. The van der Waals surface area contributed by atoms with Crippen LogP contribution in [0.1, 0.15) is 30.2 Å². The van der Waals surface area contributed by atoms with Crippen LogP contribution in [0.5, 0.6) is 0 Å². The lowest BCUT2D eigenvalue weighted by atomic mass is 10.1. The molecule has 1 atom stereocenters. The molecule has 0 aliphatic carbocycles. The highest BCUT2D eigenvalue weighted by molar-refractivity contribution is 5.77. The Morgan fingerprint density at radius 3 is 2.50 bits per heavy atom. The molecule has 2 aromatic carbocycles. The minimum absolute atomic E-state index is 0.331. The van der Waals surface area contributed by atoms with Crippen LogP contribution in [-0.2, 0) is 6.54 Å². The SMILES string of the molecule is c1ccc(C(CN2CCCC2)NCc2cc3ccccc3o2)cc1. The molecule has 1 aliphatic heterocycles. The van der Waals surface area contributed by atoms with Crippen LogP contribution < -0.4 is 5.32 Å². The maximum atomic E-state index is 5.95. The number of benzene rings is 2. The van der Waals surface area contributed by atoms with Crippen molar-refractivity contribution in [2.24, 2.45) is 0 Å². The van der Waals surface area contributed by atoms with Crippen molar-refractivity contribution in [3.05, 3.63) is 72.0 Å². The molecule has 3 aromatic rings. The Morgan fingerprint density at radius 1 is 0.958 bits per heavy atom. The molecule has 0 saturated carbocycles. The second-order valence-corrected chi connectivity index (χ2v) is 6.60. The van der Waals surface area contributed by atoms with Crippen molar-refractivity contribution < 1.29 is 4.42 Å². The van der Waals surface area contributed by atoms with Crippen molar-refractivity contribution >= 4 is 11.0 Å². The van der Waals surface area contributed by atoms with E-state index in [1.165, 1.54) is 36.9 Å². The Hall–Kier alpha value is -2.10. The van der Waals surface area contributed by atoms with E-state index in [0.29, 0.717) is 6.04 Å². The van der Waals surface area contributed by atoms with Gasteiger partial charge in [0.2, 0.25) is 0 Å². The van der Waals surface area contributed by atoms with E-state index in [1.807, 2.05) is 12.1 Å². The minimum atomic E-state index is 0.331. The third-order valence-electron chi connectivity index (χ3n) is 4.84. The van der Waals surface area contributed by atoms with E-state index in [2.05, 4.69) is 58.7 Å². The quantitative estimate of drug-likeness (QED) is 0.731. The molecule has 2 heterocycles. The predicted octanol–water partition coefficient (Wildman–Crippen LogP) is 4.36. The summed E-state index contributed by atoms with van der Waals surface area (Å²) in [4.78, 5) is 2.56. The fourth-order valence-corrected chi connectivity index (χ4v) is 3.54. The van der Waals surface area contributed by atoms with Gasteiger partial charge in [-0.2, -0.15) is 0 Å². The Bertz CT molecular complexity index is 742. The van der Waals surface area contributed by atoms with Crippen LogP contribution >= 0.6 is 0 Å². The summed E-state index contributed by atoms with van der Waals surface area (Å²) >= 11 is 0. The summed E-state index contributed by atoms with van der Waals surface area (Å²) in [6.07, 6.45) is 2.65. The zero-order valence-corrected chi connectivity index (χ0v) is 13.9. The second kappa shape index (κ2) is 7.20. The lowest BCUT2D eigenvalue weighted by Gasteiger charge is -2.24. The van der Waals surface area contributed by atoms with Gasteiger partial charge in [-0.05, 0) is 43.6 Å². The number of fused-ring (bicyclic) bond motifs is 1. The van der Waals surface area contributed by atoms with Gasteiger partial charge < -0.3 is 14.6 Å². The largest absolute Gasteiger partial charge is 0.460 e. The number of nitrogens with zero attached hydrogens (tertiary/aromatic N) is 1. The number of nitrogens with one attached hydrogen (secondary N) is 1. The molecule has 3 nitrogen and oxygen atoms in total. The number of rotatable bonds is 6. The average molecular weight is 320 g/mol. The van der Waals surface area contributed by atoms with Gasteiger partial charge in [-0.25, -0.2) is 0 Å². The van der Waals surface area contributed by atoms with E-state index in [0.717, 1.165) is 24.4 Å². The first-order valence-corrected chi connectivity index (χ1v) is 8.87. The van der Waals surface area contributed by atoms with E-state index in [1.54, 1.807) is 0 Å². The van der Waals surface area contributed by atoms with Gasteiger partial charge in [0.25, 0.3) is 0 Å². The summed E-state index contributed by atoms with van der Waals surface area (Å²) in [5.41, 5.74) is 2.31. The molecule has 0 radical (unpaired) electrons. The van der Waals surface area contributed by atoms with Gasteiger partial charge in [-0.15, -0.1) is 0 Å². The number of likely N-dealkylation sites (tertiary alicyclic amines) is 1. The summed E-state index contributed by atoms with van der Waals surface area (Å²) in [6, 6.07) is 21.4. The van der Waals surface area contributed by atoms with Crippen LogP contribution in [0, 0.1) is 0 Å². The summed E-state index contributed by atoms with van der Waals surface area (Å²) in [5, 5.41) is 4.88. The Kier molecular flexibility index (Phi) is 4.63. The molecule has 24 heavy (non-hydrogen) atoms. The molecule has 1 aromatic heterocycles. The fourth-order valence-electron chi connectivity index (χ4n) is 3.54. The topological polar surface area (TPSA) is 28.4 Å². The van der Waals surface area contributed by atoms with Crippen LogP contribution in [0.15, 0.2) is 65.1 Å². The summed E-state index contributed by atoms with van der Waals surface area (Å²) in [6.45, 7) is 4.25. The van der Waals surface area contributed by atoms with Crippen LogP contribution in [0.3, 0.4) is 0 Å². The normalized spacial score (nSPS) is 16.7. The van der Waals surface area contributed by atoms with E-state index >= 15 is 0 Å². The molecule has 1 aliphatic rings. The molecule has 1 N–H and O–H groups in total. The zero-order valence-electron chi connectivity index (χ0n) is 13.9. The fraction of sp³-hybridized carbons (Fsp3) is 0.333. The zero-order chi connectivity index (χ0) is 16.2. The van der Waals surface area contributed by atoms with Gasteiger partial charge in [0.05, 0.1) is 6.54 Å². The molecule has 0 bridgehead atoms. The lowest BCUT2D eigenvalue weighted by Crippen LogP contribution is -2.33. The minimum Gasteiger partial charge on any atom is -0.460 e. The third-order valence-corrected chi connectivity index (χ3v) is 4.84. The van der Waals surface area contributed by atoms with Crippen molar-refractivity contribution in [1.82, 2.24) is 10.2 Å². The van der Waals surface area contributed by atoms with Crippen molar-refractivity contribution in [1.29, 1.82) is 0 Å². The smallest absolute Gasteiger partial charge is 0.134 e. The van der Waals surface area contributed by atoms with Crippen molar-refractivity contribution in [3.63, 3.8) is 0 Å². The maximum absolute atomic E-state index is 5.95. The Morgan fingerprint density at radius 2 is 1.71 bits per heavy atom. The second-order valence-electron chi connectivity index (χ2n) is 6.60. The molecule has 0 amide bonds. The van der Waals surface area contributed by atoms with E-state index in [-0.39, 0.29) is 0 Å². The standard InChI is InChI=1S/C21H24N2O/c1-2-8-17(9-3-1)20(16-23-12-6-7-13-23)22-15-19-14-18-10-4-5-11-21(18)24-19/h1-5,8-11,14,20,22H,6-7,12-13,15-16H2. The van der Waals surface area contributed by atoms with Crippen LogP contribution in [0.2, 0.25) is 0 Å². The highest BCUT2D eigenvalue weighted by Crippen LogP contribution is 2.21. The van der Waals surface area contributed by atoms with Gasteiger partial charge in [0.15, 0.2) is 0 Å². The Labute approximate surface area is 143 Å². The average Bonchev–Trinajstić information content (AvgIpc) is 3.28. The molecular weight excluding hydrogens is 296 g/mol. The molecule has 1 unspecified atom stereocenters. The number of hydrogen-bond donors (Lipinski definition) is 1. The molecule has 0 spiro atoms. The number of hydrogen-bond acceptors (Lipinski definition) is 3. The van der Waals surface area contributed by atoms with Crippen LogP contribution in [0.25, 0.3) is 11.0 Å². The van der Waals surface area contributed by atoms with Crippen LogP contribution in [-0.4, -0.2) is 24.5 Å². The molecule has 1 fully saturated rings. The molecule has 4 rings (SSSR count). The summed E-state index contributed by atoms with van der Waals surface area (Å²) < 4.78 is 5.95. The van der Waals surface area contributed by atoms with Gasteiger partial charge in [0, 0.05) is 18.0 Å².